The van der Waals surface area contributed by atoms with E-state index in [0.717, 1.165) is 18.4 Å². The first-order chi connectivity index (χ1) is 12.5. The van der Waals surface area contributed by atoms with E-state index in [4.69, 9.17) is 0 Å². The molecule has 2 bridgehead atoms. The molecule has 26 heavy (non-hydrogen) atoms. The Morgan fingerprint density at radius 2 is 1.81 bits per heavy atom. The molecule has 0 N–H and O–H groups in total. The van der Waals surface area contributed by atoms with E-state index < -0.39 is 10.0 Å². The van der Waals surface area contributed by atoms with Crippen LogP contribution in [0.3, 0.4) is 0 Å². The Kier molecular flexibility index (Phi) is 6.57. The third-order valence-electron chi connectivity index (χ3n) is 6.03. The summed E-state index contributed by atoms with van der Waals surface area (Å²) in [6.45, 7) is 4.72. The maximum absolute atomic E-state index is 13.4. The first-order valence-electron chi connectivity index (χ1n) is 10.3. The summed E-state index contributed by atoms with van der Waals surface area (Å²) in [5.41, 5.74) is 2.22. The molecule has 1 aliphatic heterocycles. The zero-order valence-electron chi connectivity index (χ0n) is 16.3. The Hall–Kier alpha value is -1.13. The highest BCUT2D eigenvalue weighted by Crippen LogP contribution is 2.36. The largest absolute Gasteiger partial charge is 0.244 e. The van der Waals surface area contributed by atoms with Gasteiger partial charge in [0.2, 0.25) is 10.0 Å². The quantitative estimate of drug-likeness (QED) is 0.641. The first kappa shape index (κ1) is 19.6. The van der Waals surface area contributed by atoms with Gasteiger partial charge in [0.25, 0.3) is 0 Å². The number of unbranched alkanes of at least 4 members (excludes halogenated alkanes) is 1. The molecular formula is C22H33NO2S. The van der Waals surface area contributed by atoms with Crippen molar-refractivity contribution >= 4 is 10.0 Å². The van der Waals surface area contributed by atoms with Gasteiger partial charge in [-0.15, -0.1) is 0 Å². The lowest BCUT2D eigenvalue weighted by Gasteiger charge is -2.25. The van der Waals surface area contributed by atoms with Crippen LogP contribution in [0.15, 0.2) is 40.8 Å². The second-order valence-electron chi connectivity index (χ2n) is 7.96. The molecule has 0 aromatic heterocycles. The van der Waals surface area contributed by atoms with Crippen LogP contribution in [0.2, 0.25) is 0 Å². The zero-order chi connectivity index (χ0) is 18.6. The van der Waals surface area contributed by atoms with Crippen LogP contribution in [0.5, 0.6) is 0 Å². The summed E-state index contributed by atoms with van der Waals surface area (Å²) >= 11 is 0. The van der Waals surface area contributed by atoms with Crippen molar-refractivity contribution in [3.63, 3.8) is 0 Å². The van der Waals surface area contributed by atoms with Crippen molar-refractivity contribution in [2.75, 3.05) is 6.54 Å². The van der Waals surface area contributed by atoms with Crippen molar-refractivity contribution in [3.8, 4) is 0 Å². The van der Waals surface area contributed by atoms with Gasteiger partial charge in [-0.05, 0) is 43.7 Å². The molecule has 0 saturated heterocycles. The van der Waals surface area contributed by atoms with Crippen LogP contribution in [0, 0.1) is 12.8 Å². The van der Waals surface area contributed by atoms with Crippen molar-refractivity contribution in [2.24, 2.45) is 5.92 Å². The summed E-state index contributed by atoms with van der Waals surface area (Å²) < 4.78 is 28.6. The minimum atomic E-state index is -3.44. The summed E-state index contributed by atoms with van der Waals surface area (Å²) in [6.07, 6.45) is 13.0. The Bertz CT molecular complexity index is 738. The molecule has 1 aromatic carbocycles. The highest BCUT2D eigenvalue weighted by atomic mass is 32.2. The van der Waals surface area contributed by atoms with Crippen LogP contribution in [0.4, 0.5) is 0 Å². The Morgan fingerprint density at radius 1 is 1.08 bits per heavy atom. The summed E-state index contributed by atoms with van der Waals surface area (Å²) in [6, 6.07) is 7.42. The average Bonchev–Trinajstić information content (AvgIpc) is 3.04. The maximum Gasteiger partial charge on any atom is 0.244 e. The second-order valence-corrected chi connectivity index (χ2v) is 9.81. The van der Waals surface area contributed by atoms with Crippen molar-refractivity contribution in [2.45, 2.75) is 82.6 Å². The topological polar surface area (TPSA) is 37.4 Å². The smallest absolute Gasteiger partial charge is 0.207 e. The van der Waals surface area contributed by atoms with E-state index >= 15 is 0 Å². The second kappa shape index (κ2) is 8.71. The summed E-state index contributed by atoms with van der Waals surface area (Å²) in [4.78, 5) is 0.472. The fourth-order valence-electron chi connectivity index (χ4n) is 4.47. The molecule has 0 fully saturated rings. The third-order valence-corrected chi connectivity index (χ3v) is 8.06. The van der Waals surface area contributed by atoms with E-state index in [1.807, 2.05) is 25.1 Å². The molecule has 1 heterocycles. The minimum Gasteiger partial charge on any atom is -0.207 e. The minimum absolute atomic E-state index is 0.0387. The van der Waals surface area contributed by atoms with E-state index in [1.54, 1.807) is 10.4 Å². The van der Waals surface area contributed by atoms with Gasteiger partial charge >= 0.3 is 0 Å². The van der Waals surface area contributed by atoms with Crippen LogP contribution < -0.4 is 0 Å². The SMILES string of the molecule is CCCCC1CCCCCCC2C=C1CN2S(=O)(=O)c1ccccc1C. The van der Waals surface area contributed by atoms with E-state index in [1.165, 1.54) is 50.5 Å². The molecular weight excluding hydrogens is 342 g/mol. The Morgan fingerprint density at radius 3 is 2.54 bits per heavy atom. The number of hydrogen-bond acceptors (Lipinski definition) is 2. The van der Waals surface area contributed by atoms with Crippen molar-refractivity contribution in [3.05, 3.63) is 41.5 Å². The van der Waals surface area contributed by atoms with E-state index in [-0.39, 0.29) is 6.04 Å². The molecule has 0 saturated carbocycles. The molecule has 2 atom stereocenters. The van der Waals surface area contributed by atoms with Gasteiger partial charge in [0.05, 0.1) is 4.90 Å². The normalized spacial score (nSPS) is 25.1. The molecule has 3 nitrogen and oxygen atoms in total. The van der Waals surface area contributed by atoms with Crippen molar-refractivity contribution in [1.82, 2.24) is 4.31 Å². The van der Waals surface area contributed by atoms with Crippen LogP contribution in [-0.2, 0) is 10.0 Å². The summed E-state index contributed by atoms with van der Waals surface area (Å²) in [5.74, 6) is 0.563. The zero-order valence-corrected chi connectivity index (χ0v) is 17.1. The Balaban J connectivity index is 1.89. The van der Waals surface area contributed by atoms with E-state index in [2.05, 4.69) is 13.0 Å². The lowest BCUT2D eigenvalue weighted by Crippen LogP contribution is -2.37. The number of nitrogens with zero attached hydrogens (tertiary/aromatic N) is 1. The summed E-state index contributed by atoms with van der Waals surface area (Å²) in [5, 5.41) is 0. The highest BCUT2D eigenvalue weighted by molar-refractivity contribution is 7.89. The van der Waals surface area contributed by atoms with Gasteiger partial charge in [-0.1, -0.05) is 75.3 Å². The predicted molar refractivity (Wildman–Crippen MR) is 108 cm³/mol. The number of benzene rings is 1. The van der Waals surface area contributed by atoms with Gasteiger partial charge in [0.15, 0.2) is 0 Å². The van der Waals surface area contributed by atoms with Crippen LogP contribution in [0.1, 0.15) is 70.3 Å². The molecule has 2 unspecified atom stereocenters. The number of fused-ring (bicyclic) bond motifs is 1. The van der Waals surface area contributed by atoms with Gasteiger partial charge in [0.1, 0.15) is 0 Å². The van der Waals surface area contributed by atoms with Crippen molar-refractivity contribution < 1.29 is 8.42 Å². The van der Waals surface area contributed by atoms with Crippen LogP contribution in [-0.4, -0.2) is 25.3 Å². The van der Waals surface area contributed by atoms with Crippen LogP contribution >= 0.6 is 0 Å². The first-order valence-corrected chi connectivity index (χ1v) is 11.8. The average molecular weight is 376 g/mol. The fraction of sp³-hybridized carbons (Fsp3) is 0.636. The Labute approximate surface area is 159 Å². The fourth-order valence-corrected chi connectivity index (χ4v) is 6.29. The number of rotatable bonds is 5. The predicted octanol–water partition coefficient (Wildman–Crippen LogP) is 5.45. The van der Waals surface area contributed by atoms with E-state index in [9.17, 15) is 8.42 Å². The lowest BCUT2D eigenvalue weighted by molar-refractivity contribution is 0.379. The molecule has 4 heteroatoms. The van der Waals surface area contributed by atoms with Crippen LogP contribution in [0.25, 0.3) is 0 Å². The molecule has 144 valence electrons. The van der Waals surface area contributed by atoms with E-state index in [0.29, 0.717) is 17.4 Å². The molecule has 0 radical (unpaired) electrons. The number of sulfonamides is 1. The van der Waals surface area contributed by atoms with Gasteiger partial charge in [0, 0.05) is 12.6 Å². The molecule has 0 amide bonds. The molecule has 0 spiro atoms. The van der Waals surface area contributed by atoms with Gasteiger partial charge < -0.3 is 0 Å². The van der Waals surface area contributed by atoms with Gasteiger partial charge in [-0.25, -0.2) is 8.42 Å². The standard InChI is InChI=1S/C22H33NO2S/c1-3-4-12-19-13-7-5-6-8-14-21-16-20(19)17-23(21)26(24,25)22-15-10-9-11-18(22)2/h9-11,15-16,19,21H,3-8,12-14,17H2,1-2H3. The monoisotopic (exact) mass is 375 g/mol. The summed E-state index contributed by atoms with van der Waals surface area (Å²) in [7, 11) is -3.44. The number of hydrogen-bond donors (Lipinski definition) is 0. The lowest BCUT2D eigenvalue weighted by atomic mass is 9.87. The molecule has 3 rings (SSSR count). The van der Waals surface area contributed by atoms with Gasteiger partial charge in [-0.3, -0.25) is 0 Å². The maximum atomic E-state index is 13.4. The molecule has 1 aromatic rings. The van der Waals surface area contributed by atoms with Gasteiger partial charge in [-0.2, -0.15) is 4.31 Å². The molecule has 1 aliphatic carbocycles. The van der Waals surface area contributed by atoms with Crippen molar-refractivity contribution in [1.29, 1.82) is 0 Å². The highest BCUT2D eigenvalue weighted by Gasteiger charge is 2.37. The third kappa shape index (κ3) is 4.23. The number of aryl methyl sites for hydroxylation is 1. The molecule has 2 aliphatic rings.